The lowest BCUT2D eigenvalue weighted by Gasteiger charge is -2.31. The topological polar surface area (TPSA) is 56.0 Å². The first-order valence-electron chi connectivity index (χ1n) is 9.41. The summed E-state index contributed by atoms with van der Waals surface area (Å²) in [6.45, 7) is 8.75. The van der Waals surface area contributed by atoms with Crippen LogP contribution in [0.3, 0.4) is 0 Å². The second-order valence-corrected chi connectivity index (χ2v) is 7.59. The summed E-state index contributed by atoms with van der Waals surface area (Å²) < 4.78 is 3.96. The molecule has 2 aliphatic rings. The molecule has 6 nitrogen and oxygen atoms in total. The van der Waals surface area contributed by atoms with Crippen LogP contribution in [0.15, 0.2) is 17.2 Å². The van der Waals surface area contributed by atoms with Crippen molar-refractivity contribution >= 4 is 0 Å². The number of hydrogen-bond donors (Lipinski definition) is 0. The van der Waals surface area contributed by atoms with Gasteiger partial charge >= 0.3 is 0 Å². The fourth-order valence-electron chi connectivity index (χ4n) is 4.04. The van der Waals surface area contributed by atoms with E-state index < -0.39 is 0 Å². The lowest BCUT2D eigenvalue weighted by molar-refractivity contribution is 0.164. The zero-order valence-electron chi connectivity index (χ0n) is 15.2. The van der Waals surface area contributed by atoms with E-state index in [0.717, 1.165) is 56.8 Å². The van der Waals surface area contributed by atoms with E-state index in [1.807, 2.05) is 13.8 Å². The van der Waals surface area contributed by atoms with Crippen molar-refractivity contribution in [3.8, 4) is 0 Å². The van der Waals surface area contributed by atoms with Gasteiger partial charge in [0.15, 0.2) is 0 Å². The molecule has 0 saturated carbocycles. The highest BCUT2D eigenvalue weighted by molar-refractivity contribution is 5.13. The van der Waals surface area contributed by atoms with Crippen molar-refractivity contribution in [3.63, 3.8) is 0 Å². The quantitative estimate of drug-likeness (QED) is 0.852. The minimum absolute atomic E-state index is 0.113. The first-order chi connectivity index (χ1) is 12.1. The molecule has 0 aromatic carbocycles. The summed E-state index contributed by atoms with van der Waals surface area (Å²) in [6.07, 6.45) is 6.39. The van der Waals surface area contributed by atoms with Gasteiger partial charge in [0.25, 0.3) is 5.56 Å². The van der Waals surface area contributed by atoms with E-state index in [9.17, 15) is 4.79 Å². The number of piperidine rings is 1. The maximum absolute atomic E-state index is 12.3. The lowest BCUT2D eigenvalue weighted by atomic mass is 9.96. The van der Waals surface area contributed by atoms with Crippen molar-refractivity contribution in [2.45, 2.75) is 59.2 Å². The molecular formula is C19H27N5O. The van der Waals surface area contributed by atoms with Crippen LogP contribution >= 0.6 is 0 Å². The molecule has 1 fully saturated rings. The maximum atomic E-state index is 12.3. The van der Waals surface area contributed by atoms with E-state index in [0.29, 0.717) is 5.92 Å². The number of rotatable bonds is 4. The number of nitrogens with zero attached hydrogens (tertiary/aromatic N) is 5. The molecule has 1 saturated heterocycles. The standard InChI is InChI=1S/C19H27N5O/c1-14-15(2)20-13-23(19(14)25)11-16-5-8-22(9-6-16)12-17-10-18-4-3-7-24(18)21-17/h10,13,16H,3-9,11-12H2,1-2H3. The van der Waals surface area contributed by atoms with Crippen molar-refractivity contribution in [2.24, 2.45) is 5.92 Å². The number of fused-ring (bicyclic) bond motifs is 1. The van der Waals surface area contributed by atoms with Gasteiger partial charge < -0.3 is 0 Å². The van der Waals surface area contributed by atoms with Crippen LogP contribution in [0.5, 0.6) is 0 Å². The fraction of sp³-hybridized carbons (Fsp3) is 0.632. The smallest absolute Gasteiger partial charge is 0.256 e. The summed E-state index contributed by atoms with van der Waals surface area (Å²) in [4.78, 5) is 19.2. The first kappa shape index (κ1) is 16.5. The summed E-state index contributed by atoms with van der Waals surface area (Å²) >= 11 is 0. The van der Waals surface area contributed by atoms with Gasteiger partial charge in [-0.2, -0.15) is 5.10 Å². The first-order valence-corrected chi connectivity index (χ1v) is 9.41. The number of aromatic nitrogens is 4. The van der Waals surface area contributed by atoms with Gasteiger partial charge in [-0.3, -0.25) is 18.9 Å². The molecule has 6 heteroatoms. The van der Waals surface area contributed by atoms with E-state index in [4.69, 9.17) is 5.10 Å². The molecule has 0 spiro atoms. The van der Waals surface area contributed by atoms with E-state index in [1.165, 1.54) is 24.2 Å². The molecule has 0 bridgehead atoms. The summed E-state index contributed by atoms with van der Waals surface area (Å²) in [5.74, 6) is 0.560. The summed E-state index contributed by atoms with van der Waals surface area (Å²) in [7, 11) is 0. The van der Waals surface area contributed by atoms with Crippen LogP contribution < -0.4 is 5.56 Å². The molecule has 4 rings (SSSR count). The van der Waals surface area contributed by atoms with E-state index >= 15 is 0 Å². The summed E-state index contributed by atoms with van der Waals surface area (Å²) in [5.41, 5.74) is 4.33. The molecular weight excluding hydrogens is 314 g/mol. The predicted octanol–water partition coefficient (Wildman–Crippen LogP) is 1.92. The number of likely N-dealkylation sites (tertiary alicyclic amines) is 1. The van der Waals surface area contributed by atoms with Gasteiger partial charge in [-0.25, -0.2) is 4.98 Å². The van der Waals surface area contributed by atoms with Gasteiger partial charge in [0, 0.05) is 36.6 Å². The van der Waals surface area contributed by atoms with E-state index in [1.54, 1.807) is 10.9 Å². The Morgan fingerprint density at radius 2 is 2.00 bits per heavy atom. The van der Waals surface area contributed by atoms with Gasteiger partial charge in [0.05, 0.1) is 12.0 Å². The second kappa shape index (κ2) is 6.75. The molecule has 2 aromatic rings. The Bertz CT molecular complexity index is 792. The number of aryl methyl sites for hydroxylation is 3. The molecule has 0 unspecified atom stereocenters. The monoisotopic (exact) mass is 341 g/mol. The molecule has 0 aliphatic carbocycles. The van der Waals surface area contributed by atoms with Crippen molar-refractivity contribution in [1.29, 1.82) is 0 Å². The molecule has 0 N–H and O–H groups in total. The van der Waals surface area contributed by atoms with Crippen LogP contribution in [-0.4, -0.2) is 37.3 Å². The molecule has 4 heterocycles. The Morgan fingerprint density at radius 1 is 1.20 bits per heavy atom. The van der Waals surface area contributed by atoms with Crippen molar-refractivity contribution in [3.05, 3.63) is 45.4 Å². The minimum atomic E-state index is 0.113. The lowest BCUT2D eigenvalue weighted by Crippen LogP contribution is -2.36. The van der Waals surface area contributed by atoms with E-state index in [2.05, 4.69) is 20.6 Å². The zero-order chi connectivity index (χ0) is 17.4. The average Bonchev–Trinajstić information content (AvgIpc) is 3.18. The summed E-state index contributed by atoms with van der Waals surface area (Å²) in [5, 5.41) is 4.72. The van der Waals surface area contributed by atoms with Gasteiger partial charge in [-0.1, -0.05) is 0 Å². The fourth-order valence-corrected chi connectivity index (χ4v) is 4.04. The van der Waals surface area contributed by atoms with Crippen LogP contribution in [0.1, 0.15) is 41.9 Å². The SMILES string of the molecule is Cc1ncn(CC2CCN(Cc3cc4n(n3)CCC4)CC2)c(=O)c1C. The second-order valence-electron chi connectivity index (χ2n) is 7.59. The molecule has 2 aromatic heterocycles. The van der Waals surface area contributed by atoms with Gasteiger partial charge in [-0.05, 0) is 64.6 Å². The largest absolute Gasteiger partial charge is 0.299 e. The van der Waals surface area contributed by atoms with Crippen LogP contribution in [0.4, 0.5) is 0 Å². The zero-order valence-corrected chi connectivity index (χ0v) is 15.2. The van der Waals surface area contributed by atoms with Gasteiger partial charge in [0.1, 0.15) is 0 Å². The molecule has 0 amide bonds. The number of hydrogen-bond acceptors (Lipinski definition) is 4. The molecule has 25 heavy (non-hydrogen) atoms. The van der Waals surface area contributed by atoms with Crippen LogP contribution in [-0.2, 0) is 26.1 Å². The Balaban J connectivity index is 1.32. The minimum Gasteiger partial charge on any atom is -0.299 e. The van der Waals surface area contributed by atoms with E-state index in [-0.39, 0.29) is 5.56 Å². The average molecular weight is 341 g/mol. The highest BCUT2D eigenvalue weighted by Crippen LogP contribution is 2.21. The molecule has 134 valence electrons. The molecule has 2 aliphatic heterocycles. The molecule has 0 radical (unpaired) electrons. The molecule has 0 atom stereocenters. The van der Waals surface area contributed by atoms with Crippen LogP contribution in [0.2, 0.25) is 0 Å². The van der Waals surface area contributed by atoms with Crippen molar-refractivity contribution in [1.82, 2.24) is 24.2 Å². The normalized spacial score (nSPS) is 18.6. The van der Waals surface area contributed by atoms with Crippen molar-refractivity contribution in [2.75, 3.05) is 13.1 Å². The Kier molecular flexibility index (Phi) is 4.46. The third-order valence-electron chi connectivity index (χ3n) is 5.78. The Labute approximate surface area is 148 Å². The third-order valence-corrected chi connectivity index (χ3v) is 5.78. The maximum Gasteiger partial charge on any atom is 0.256 e. The Morgan fingerprint density at radius 3 is 2.76 bits per heavy atom. The third kappa shape index (κ3) is 3.40. The van der Waals surface area contributed by atoms with Crippen LogP contribution in [0.25, 0.3) is 0 Å². The van der Waals surface area contributed by atoms with Gasteiger partial charge in [0.2, 0.25) is 0 Å². The highest BCUT2D eigenvalue weighted by Gasteiger charge is 2.22. The summed E-state index contributed by atoms with van der Waals surface area (Å²) in [6, 6.07) is 2.28. The Hall–Kier alpha value is -1.95. The highest BCUT2D eigenvalue weighted by atomic mass is 16.1. The van der Waals surface area contributed by atoms with Crippen LogP contribution in [0, 0.1) is 19.8 Å². The van der Waals surface area contributed by atoms with Gasteiger partial charge in [-0.15, -0.1) is 0 Å². The van der Waals surface area contributed by atoms with Crippen molar-refractivity contribution < 1.29 is 0 Å². The predicted molar refractivity (Wildman–Crippen MR) is 96.5 cm³/mol.